The van der Waals surface area contributed by atoms with Crippen LogP contribution in [0.2, 0.25) is 0 Å². The highest BCUT2D eigenvalue weighted by Crippen LogP contribution is 2.35. The fraction of sp³-hybridized carbons (Fsp3) is 0.375. The minimum absolute atomic E-state index is 0.225. The molecule has 0 radical (unpaired) electrons. The molecule has 32 heavy (non-hydrogen) atoms. The number of pyridine rings is 1. The Morgan fingerprint density at radius 3 is 2.78 bits per heavy atom. The molecule has 1 amide bonds. The summed E-state index contributed by atoms with van der Waals surface area (Å²) in [7, 11) is 1.96. The van der Waals surface area contributed by atoms with Gasteiger partial charge in [0.1, 0.15) is 12.0 Å². The van der Waals surface area contributed by atoms with Gasteiger partial charge in [0.15, 0.2) is 6.23 Å². The quantitative estimate of drug-likeness (QED) is 0.654. The van der Waals surface area contributed by atoms with E-state index in [-0.39, 0.29) is 5.91 Å². The number of rotatable bonds is 4. The number of aromatic nitrogens is 3. The minimum atomic E-state index is -0.401. The van der Waals surface area contributed by atoms with Crippen LogP contribution >= 0.6 is 0 Å². The van der Waals surface area contributed by atoms with Crippen LogP contribution in [0.3, 0.4) is 0 Å². The number of benzene rings is 1. The number of fused-ring (bicyclic) bond motifs is 1. The first kappa shape index (κ1) is 20.4. The molecule has 0 bridgehead atoms. The summed E-state index contributed by atoms with van der Waals surface area (Å²) >= 11 is 0. The van der Waals surface area contributed by atoms with E-state index in [1.54, 1.807) is 6.20 Å². The predicted octanol–water partition coefficient (Wildman–Crippen LogP) is 3.67. The van der Waals surface area contributed by atoms with Crippen molar-refractivity contribution in [2.24, 2.45) is 7.05 Å². The summed E-state index contributed by atoms with van der Waals surface area (Å²) in [5.74, 6) is -0.225. The van der Waals surface area contributed by atoms with E-state index in [0.717, 1.165) is 65.2 Å². The number of carbonyl (C=O) groups is 1. The number of nitrogens with zero attached hydrogens (tertiary/aromatic N) is 4. The van der Waals surface area contributed by atoms with Crippen molar-refractivity contribution in [1.82, 2.24) is 20.1 Å². The van der Waals surface area contributed by atoms with E-state index < -0.39 is 6.23 Å². The van der Waals surface area contributed by atoms with Crippen molar-refractivity contribution in [3.8, 4) is 0 Å². The molecule has 3 aromatic rings. The summed E-state index contributed by atoms with van der Waals surface area (Å²) in [5.41, 5.74) is 6.07. The molecule has 1 unspecified atom stereocenters. The van der Waals surface area contributed by atoms with Crippen molar-refractivity contribution in [1.29, 1.82) is 0 Å². The van der Waals surface area contributed by atoms with Crippen molar-refractivity contribution in [3.05, 3.63) is 59.4 Å². The van der Waals surface area contributed by atoms with Gasteiger partial charge in [-0.2, -0.15) is 5.10 Å². The maximum absolute atomic E-state index is 13.1. The zero-order valence-corrected chi connectivity index (χ0v) is 18.7. The van der Waals surface area contributed by atoms with Crippen LogP contribution in [0.1, 0.15) is 42.4 Å². The van der Waals surface area contributed by atoms with Crippen LogP contribution in [-0.2, 0) is 16.6 Å². The van der Waals surface area contributed by atoms with Crippen molar-refractivity contribution in [2.45, 2.75) is 39.3 Å². The molecule has 0 aliphatic carbocycles. The van der Waals surface area contributed by atoms with Crippen molar-refractivity contribution >= 4 is 28.2 Å². The van der Waals surface area contributed by atoms with Gasteiger partial charge in [0.05, 0.1) is 22.6 Å². The summed E-state index contributed by atoms with van der Waals surface area (Å²) in [5, 5.41) is 11.9. The number of hydrogen-bond acceptors (Lipinski definition) is 6. The molecule has 4 heterocycles. The van der Waals surface area contributed by atoms with E-state index in [1.165, 1.54) is 12.7 Å². The van der Waals surface area contributed by atoms with Gasteiger partial charge in [0.2, 0.25) is 0 Å². The number of carbonyl (C=O) groups excluding carboxylic acids is 1. The smallest absolute Gasteiger partial charge is 0.275 e. The largest absolute Gasteiger partial charge is 0.472 e. The standard InChI is InChI=1S/C24H28N6O2/c1-15-11-17(7-8-25-15)24-27-20(14-32-24)23(31)26-19-12-18-16(2)28-29(3)21(18)13-22(19)30-9-5-4-6-10-30/h7-8,11-14,24,27H,4-6,9-10H2,1-3H3,(H,26,31). The van der Waals surface area contributed by atoms with Crippen LogP contribution in [0.4, 0.5) is 11.4 Å². The van der Waals surface area contributed by atoms with Gasteiger partial charge in [0, 0.05) is 43.0 Å². The molecule has 2 aromatic heterocycles. The summed E-state index contributed by atoms with van der Waals surface area (Å²) in [6.07, 6.45) is 6.39. The predicted molar refractivity (Wildman–Crippen MR) is 124 cm³/mol. The third-order valence-electron chi connectivity index (χ3n) is 6.17. The lowest BCUT2D eigenvalue weighted by atomic mass is 10.1. The fourth-order valence-electron chi connectivity index (χ4n) is 4.51. The second kappa shape index (κ2) is 8.18. The Kier molecular flexibility index (Phi) is 5.20. The highest BCUT2D eigenvalue weighted by molar-refractivity contribution is 6.07. The van der Waals surface area contributed by atoms with Gasteiger partial charge in [-0.3, -0.25) is 14.5 Å². The molecule has 166 valence electrons. The van der Waals surface area contributed by atoms with E-state index in [1.807, 2.05) is 43.8 Å². The highest BCUT2D eigenvalue weighted by atomic mass is 16.5. The van der Waals surface area contributed by atoms with Crippen molar-refractivity contribution in [2.75, 3.05) is 23.3 Å². The Labute approximate surface area is 187 Å². The van der Waals surface area contributed by atoms with Crippen LogP contribution < -0.4 is 15.5 Å². The molecule has 1 fully saturated rings. The third kappa shape index (κ3) is 3.77. The molecular weight excluding hydrogens is 404 g/mol. The molecule has 5 rings (SSSR count). The second-order valence-corrected chi connectivity index (χ2v) is 8.52. The lowest BCUT2D eigenvalue weighted by molar-refractivity contribution is -0.113. The Balaban J connectivity index is 1.41. The lowest BCUT2D eigenvalue weighted by Gasteiger charge is -2.30. The van der Waals surface area contributed by atoms with Crippen molar-refractivity contribution in [3.63, 3.8) is 0 Å². The molecule has 2 aliphatic heterocycles. The first-order valence-electron chi connectivity index (χ1n) is 11.1. The van der Waals surface area contributed by atoms with Gasteiger partial charge in [-0.05, 0) is 57.4 Å². The second-order valence-electron chi connectivity index (χ2n) is 8.52. The number of anilines is 2. The summed E-state index contributed by atoms with van der Waals surface area (Å²) in [4.78, 5) is 19.7. The van der Waals surface area contributed by atoms with Crippen molar-refractivity contribution < 1.29 is 9.53 Å². The van der Waals surface area contributed by atoms with E-state index in [4.69, 9.17) is 4.74 Å². The number of ether oxygens (including phenoxy) is 1. The number of piperidine rings is 1. The molecule has 1 saturated heterocycles. The Morgan fingerprint density at radius 1 is 1.19 bits per heavy atom. The molecule has 0 spiro atoms. The topological polar surface area (TPSA) is 84.3 Å². The summed E-state index contributed by atoms with van der Waals surface area (Å²) in [6.45, 7) is 5.89. The molecule has 2 aliphatic rings. The van der Waals surface area contributed by atoms with Crippen LogP contribution in [0.5, 0.6) is 0 Å². The average molecular weight is 433 g/mol. The molecule has 1 aromatic carbocycles. The SMILES string of the molecule is Cc1cc(C2NC(C(=O)Nc3cc4c(C)nn(C)c4cc3N3CCCCC3)=CO2)ccn1. The van der Waals surface area contributed by atoms with Crippen LogP contribution in [0.25, 0.3) is 10.9 Å². The summed E-state index contributed by atoms with van der Waals surface area (Å²) < 4.78 is 7.62. The zero-order valence-electron chi connectivity index (χ0n) is 18.7. The van der Waals surface area contributed by atoms with Gasteiger partial charge in [-0.25, -0.2) is 0 Å². The van der Waals surface area contributed by atoms with Gasteiger partial charge in [0.25, 0.3) is 5.91 Å². The average Bonchev–Trinajstić information content (AvgIpc) is 3.39. The Morgan fingerprint density at radius 2 is 2.00 bits per heavy atom. The number of hydrogen-bond donors (Lipinski definition) is 2. The minimum Gasteiger partial charge on any atom is -0.472 e. The van der Waals surface area contributed by atoms with Gasteiger partial charge < -0.3 is 20.3 Å². The van der Waals surface area contributed by atoms with E-state index in [9.17, 15) is 4.79 Å². The van der Waals surface area contributed by atoms with Crippen LogP contribution in [-0.4, -0.2) is 33.8 Å². The van der Waals surface area contributed by atoms with Crippen LogP contribution in [0.15, 0.2) is 42.4 Å². The third-order valence-corrected chi connectivity index (χ3v) is 6.17. The molecule has 2 N–H and O–H groups in total. The number of amides is 1. The Hall–Kier alpha value is -3.55. The summed E-state index contributed by atoms with van der Waals surface area (Å²) in [6, 6.07) is 8.01. The van der Waals surface area contributed by atoms with E-state index in [2.05, 4.69) is 31.7 Å². The van der Waals surface area contributed by atoms with E-state index >= 15 is 0 Å². The molecule has 0 saturated carbocycles. The first-order valence-corrected chi connectivity index (χ1v) is 11.1. The monoisotopic (exact) mass is 432 g/mol. The van der Waals surface area contributed by atoms with E-state index in [0.29, 0.717) is 5.70 Å². The fourth-order valence-corrected chi connectivity index (χ4v) is 4.51. The molecular formula is C24H28N6O2. The van der Waals surface area contributed by atoms with Gasteiger partial charge >= 0.3 is 0 Å². The normalized spacial score (nSPS) is 18.3. The maximum atomic E-state index is 13.1. The molecule has 1 atom stereocenters. The highest BCUT2D eigenvalue weighted by Gasteiger charge is 2.26. The molecule has 8 heteroatoms. The van der Waals surface area contributed by atoms with Crippen LogP contribution in [0, 0.1) is 13.8 Å². The lowest BCUT2D eigenvalue weighted by Crippen LogP contribution is -2.31. The number of nitrogens with one attached hydrogen (secondary N) is 2. The zero-order chi connectivity index (χ0) is 22.2. The number of aryl methyl sites for hydroxylation is 3. The first-order chi connectivity index (χ1) is 15.5. The maximum Gasteiger partial charge on any atom is 0.275 e. The Bertz CT molecular complexity index is 1210. The van der Waals surface area contributed by atoms with Gasteiger partial charge in [-0.1, -0.05) is 0 Å². The molecule has 8 nitrogen and oxygen atoms in total. The van der Waals surface area contributed by atoms with Gasteiger partial charge in [-0.15, -0.1) is 0 Å².